The molecule has 1 N–H and O–H groups in total. The molecule has 0 unspecified atom stereocenters. The molecule has 0 spiro atoms. The fraction of sp³-hybridized carbons (Fsp3) is 0.391. The second-order valence-electron chi connectivity index (χ2n) is 7.27. The number of nitrogens with one attached hydrogen (secondary N) is 1. The van der Waals surface area contributed by atoms with Gasteiger partial charge in [0.2, 0.25) is 0 Å². The van der Waals surface area contributed by atoms with Crippen molar-refractivity contribution in [2.75, 3.05) is 20.1 Å². The minimum atomic E-state index is -0.0604. The highest BCUT2D eigenvalue weighted by atomic mass is 16.1. The summed E-state index contributed by atoms with van der Waals surface area (Å²) in [7, 11) is 2.19. The van der Waals surface area contributed by atoms with Crippen LogP contribution in [0.5, 0.6) is 0 Å². The van der Waals surface area contributed by atoms with Gasteiger partial charge in [-0.15, -0.1) is 0 Å². The van der Waals surface area contributed by atoms with E-state index in [0.717, 1.165) is 30.1 Å². The van der Waals surface area contributed by atoms with Gasteiger partial charge >= 0.3 is 0 Å². The summed E-state index contributed by atoms with van der Waals surface area (Å²) in [5.74, 6) is -0.0604. The lowest BCUT2D eigenvalue weighted by Crippen LogP contribution is -2.33. The van der Waals surface area contributed by atoms with Crippen LogP contribution in [-0.4, -0.2) is 37.0 Å². The van der Waals surface area contributed by atoms with Crippen LogP contribution in [0.3, 0.4) is 0 Å². The van der Waals surface area contributed by atoms with Gasteiger partial charge in [0.05, 0.1) is 11.6 Å². The van der Waals surface area contributed by atoms with Crippen molar-refractivity contribution in [3.63, 3.8) is 0 Å². The van der Waals surface area contributed by atoms with Crippen LogP contribution in [0, 0.1) is 11.3 Å². The first-order valence-electron chi connectivity index (χ1n) is 9.77. The number of nitriles is 1. The number of carbonyl (C=O) groups excluding carboxylic acids is 1. The van der Waals surface area contributed by atoms with Crippen LogP contribution in [0.4, 0.5) is 0 Å². The van der Waals surface area contributed by atoms with Gasteiger partial charge in [-0.05, 0) is 62.2 Å². The molecule has 1 aliphatic rings. The molecule has 27 heavy (non-hydrogen) atoms. The van der Waals surface area contributed by atoms with E-state index in [0.29, 0.717) is 17.7 Å². The first kappa shape index (κ1) is 19.1. The highest BCUT2D eigenvalue weighted by Crippen LogP contribution is 2.24. The molecule has 1 aliphatic carbocycles. The molecule has 3 rings (SSSR count). The van der Waals surface area contributed by atoms with E-state index in [-0.39, 0.29) is 5.91 Å². The smallest absolute Gasteiger partial charge is 0.251 e. The Morgan fingerprint density at radius 1 is 1.19 bits per heavy atom. The zero-order valence-corrected chi connectivity index (χ0v) is 15.9. The van der Waals surface area contributed by atoms with Crippen LogP contribution in [0.1, 0.15) is 48.0 Å². The van der Waals surface area contributed by atoms with Gasteiger partial charge in [-0.2, -0.15) is 5.26 Å². The van der Waals surface area contributed by atoms with E-state index in [9.17, 15) is 10.1 Å². The van der Waals surface area contributed by atoms with Crippen molar-refractivity contribution in [3.05, 3.63) is 59.7 Å². The van der Waals surface area contributed by atoms with Gasteiger partial charge in [-0.3, -0.25) is 4.79 Å². The molecule has 4 heteroatoms. The number of nitrogens with zero attached hydrogens (tertiary/aromatic N) is 2. The van der Waals surface area contributed by atoms with Crippen molar-refractivity contribution in [2.24, 2.45) is 0 Å². The molecule has 0 aromatic heterocycles. The van der Waals surface area contributed by atoms with Gasteiger partial charge in [0, 0.05) is 18.2 Å². The third-order valence-corrected chi connectivity index (χ3v) is 5.40. The zero-order valence-electron chi connectivity index (χ0n) is 15.9. The molecule has 1 saturated carbocycles. The first-order chi connectivity index (χ1) is 13.2. The second-order valence-corrected chi connectivity index (χ2v) is 7.27. The summed E-state index contributed by atoms with van der Waals surface area (Å²) >= 11 is 0. The van der Waals surface area contributed by atoms with Crippen molar-refractivity contribution < 1.29 is 4.79 Å². The average Bonchev–Trinajstić information content (AvgIpc) is 3.26. The predicted molar refractivity (Wildman–Crippen MR) is 108 cm³/mol. The highest BCUT2D eigenvalue weighted by molar-refractivity contribution is 5.95. The van der Waals surface area contributed by atoms with Gasteiger partial charge in [0.25, 0.3) is 5.91 Å². The maximum atomic E-state index is 12.5. The Kier molecular flexibility index (Phi) is 6.62. The summed E-state index contributed by atoms with van der Waals surface area (Å²) in [4.78, 5) is 14.9. The van der Waals surface area contributed by atoms with Crippen molar-refractivity contribution in [1.29, 1.82) is 5.26 Å². The van der Waals surface area contributed by atoms with Crippen LogP contribution in [0.15, 0.2) is 48.5 Å². The van der Waals surface area contributed by atoms with Crippen LogP contribution >= 0.6 is 0 Å². The average molecular weight is 361 g/mol. The summed E-state index contributed by atoms with van der Waals surface area (Å²) < 4.78 is 0. The van der Waals surface area contributed by atoms with E-state index in [1.807, 2.05) is 42.5 Å². The summed E-state index contributed by atoms with van der Waals surface area (Å²) in [5, 5.41) is 12.3. The zero-order chi connectivity index (χ0) is 19.1. The minimum Gasteiger partial charge on any atom is -0.352 e. The van der Waals surface area contributed by atoms with Crippen molar-refractivity contribution in [1.82, 2.24) is 10.2 Å². The highest BCUT2D eigenvalue weighted by Gasteiger charge is 2.18. The fourth-order valence-electron chi connectivity index (χ4n) is 3.82. The Morgan fingerprint density at radius 2 is 1.96 bits per heavy atom. The van der Waals surface area contributed by atoms with Crippen LogP contribution in [-0.2, 0) is 0 Å². The minimum absolute atomic E-state index is 0.0604. The second kappa shape index (κ2) is 9.34. The fourth-order valence-corrected chi connectivity index (χ4v) is 3.82. The molecule has 2 aromatic rings. The monoisotopic (exact) mass is 361 g/mol. The molecular formula is C23H27N3O. The number of benzene rings is 2. The lowest BCUT2D eigenvalue weighted by atomic mass is 9.98. The number of hydrogen-bond acceptors (Lipinski definition) is 3. The Hall–Kier alpha value is -2.64. The van der Waals surface area contributed by atoms with Gasteiger partial charge in [-0.1, -0.05) is 43.2 Å². The SMILES string of the molecule is CN(CCCNC(=O)c1cccc(-c2ccccc2C#N)c1)C1CCCC1. The molecule has 140 valence electrons. The van der Waals surface area contributed by atoms with E-state index in [4.69, 9.17) is 0 Å². The van der Waals surface area contributed by atoms with Gasteiger partial charge in [-0.25, -0.2) is 0 Å². The van der Waals surface area contributed by atoms with Crippen LogP contribution < -0.4 is 5.32 Å². The number of rotatable bonds is 7. The lowest BCUT2D eigenvalue weighted by Gasteiger charge is -2.23. The maximum Gasteiger partial charge on any atom is 0.251 e. The molecule has 0 aliphatic heterocycles. The number of hydrogen-bond donors (Lipinski definition) is 1. The van der Waals surface area contributed by atoms with E-state index in [1.165, 1.54) is 25.7 Å². The molecule has 1 fully saturated rings. The Balaban J connectivity index is 1.55. The van der Waals surface area contributed by atoms with Gasteiger partial charge in [0.15, 0.2) is 0 Å². The Labute approximate surface area is 161 Å². The number of amides is 1. The molecule has 4 nitrogen and oxygen atoms in total. The standard InChI is InChI=1S/C23H27N3O/c1-26(21-11-3-4-12-21)15-7-14-25-23(27)19-10-6-9-18(16-19)22-13-5-2-8-20(22)17-24/h2,5-6,8-10,13,16,21H,3-4,7,11-12,14-15H2,1H3,(H,25,27). The Bertz CT molecular complexity index is 818. The van der Waals surface area contributed by atoms with Crippen molar-refractivity contribution in [2.45, 2.75) is 38.1 Å². The topological polar surface area (TPSA) is 56.1 Å². The molecule has 0 saturated heterocycles. The number of carbonyl (C=O) groups is 1. The summed E-state index contributed by atoms with van der Waals surface area (Å²) in [6, 6.07) is 17.9. The molecule has 0 bridgehead atoms. The van der Waals surface area contributed by atoms with Crippen LogP contribution in [0.25, 0.3) is 11.1 Å². The van der Waals surface area contributed by atoms with E-state index >= 15 is 0 Å². The van der Waals surface area contributed by atoms with E-state index < -0.39 is 0 Å². The normalized spacial score (nSPS) is 14.3. The maximum absolute atomic E-state index is 12.5. The lowest BCUT2D eigenvalue weighted by molar-refractivity contribution is 0.0951. The summed E-state index contributed by atoms with van der Waals surface area (Å²) in [6.07, 6.45) is 6.25. The van der Waals surface area contributed by atoms with E-state index in [2.05, 4.69) is 23.3 Å². The largest absolute Gasteiger partial charge is 0.352 e. The van der Waals surface area contributed by atoms with Crippen LogP contribution in [0.2, 0.25) is 0 Å². The van der Waals surface area contributed by atoms with Gasteiger partial charge in [0.1, 0.15) is 0 Å². The molecule has 1 amide bonds. The van der Waals surface area contributed by atoms with Crippen molar-refractivity contribution >= 4 is 5.91 Å². The Morgan fingerprint density at radius 3 is 2.74 bits per heavy atom. The quantitative estimate of drug-likeness (QED) is 0.751. The molecule has 0 atom stereocenters. The molecular weight excluding hydrogens is 334 g/mol. The summed E-state index contributed by atoms with van der Waals surface area (Å²) in [6.45, 7) is 1.69. The summed E-state index contributed by atoms with van der Waals surface area (Å²) in [5.41, 5.74) is 2.99. The third-order valence-electron chi connectivity index (χ3n) is 5.40. The van der Waals surface area contributed by atoms with Crippen molar-refractivity contribution in [3.8, 4) is 17.2 Å². The predicted octanol–water partition coefficient (Wildman–Crippen LogP) is 4.22. The van der Waals surface area contributed by atoms with Gasteiger partial charge < -0.3 is 10.2 Å². The molecule has 0 heterocycles. The molecule has 0 radical (unpaired) electrons. The third kappa shape index (κ3) is 4.96. The van der Waals surface area contributed by atoms with E-state index in [1.54, 1.807) is 6.07 Å². The molecule has 2 aromatic carbocycles. The first-order valence-corrected chi connectivity index (χ1v) is 9.77.